The van der Waals surface area contributed by atoms with E-state index in [9.17, 15) is 34.1 Å². The summed E-state index contributed by atoms with van der Waals surface area (Å²) in [6.07, 6.45) is 1.40. The maximum absolute atomic E-state index is 13.3. The lowest BCUT2D eigenvalue weighted by Crippen LogP contribution is -2.39. The summed E-state index contributed by atoms with van der Waals surface area (Å²) >= 11 is 5.79. The number of Topliss-reactive ketones (excluding diaryl/α,β-unsaturated/α-hetero) is 5. The van der Waals surface area contributed by atoms with Crippen molar-refractivity contribution >= 4 is 46.2 Å². The van der Waals surface area contributed by atoms with Gasteiger partial charge in [0, 0.05) is 35.8 Å². The number of hydrogen-bond acceptors (Lipinski definition) is 7. The Morgan fingerprint density at radius 2 is 1.67 bits per heavy atom. The zero-order chi connectivity index (χ0) is 22.0. The Balaban J connectivity index is 1.97. The van der Waals surface area contributed by atoms with E-state index < -0.39 is 45.7 Å². The zero-order valence-electron chi connectivity index (χ0n) is 16.1. The Morgan fingerprint density at radius 1 is 1.00 bits per heavy atom. The molecule has 0 aliphatic heterocycles. The Morgan fingerprint density at radius 3 is 2.37 bits per heavy atom. The van der Waals surface area contributed by atoms with Crippen LogP contribution in [0.5, 0.6) is 0 Å². The second-order valence-corrected chi connectivity index (χ2v) is 8.20. The number of carbonyl (C=O) groups is 5. The van der Waals surface area contributed by atoms with E-state index in [4.69, 9.17) is 11.6 Å². The minimum absolute atomic E-state index is 0.0279. The fourth-order valence-electron chi connectivity index (χ4n) is 4.37. The maximum atomic E-state index is 13.3. The van der Waals surface area contributed by atoms with E-state index in [0.29, 0.717) is 19.3 Å². The number of carbonyl (C=O) groups excluding carboxylic acids is 5. The van der Waals surface area contributed by atoms with Crippen molar-refractivity contribution in [1.29, 1.82) is 0 Å². The number of halogens is 1. The highest BCUT2D eigenvalue weighted by Crippen LogP contribution is 2.36. The smallest absolute Gasteiger partial charge is 0.281 e. The summed E-state index contributed by atoms with van der Waals surface area (Å²) in [5, 5.41) is 11.4. The fraction of sp³-hybridized carbons (Fsp3) is 0.476. The molecule has 0 N–H and O–H groups in total. The predicted molar refractivity (Wildman–Crippen MR) is 105 cm³/mol. The minimum Gasteiger partial charge on any atom is -0.299 e. The molecular weight excluding hydrogens is 414 g/mol. The molecule has 2 fully saturated rings. The molecule has 3 unspecified atom stereocenters. The van der Waals surface area contributed by atoms with Crippen LogP contribution in [0, 0.1) is 27.9 Å². The lowest BCUT2D eigenvalue weighted by atomic mass is 9.76. The van der Waals surface area contributed by atoms with Gasteiger partial charge in [-0.3, -0.25) is 34.1 Å². The molecule has 8 nitrogen and oxygen atoms in total. The van der Waals surface area contributed by atoms with Crippen molar-refractivity contribution in [3.63, 3.8) is 0 Å². The normalized spacial score (nSPS) is 25.6. The van der Waals surface area contributed by atoms with Crippen molar-refractivity contribution in [3.8, 4) is 0 Å². The maximum Gasteiger partial charge on any atom is 0.281 e. The van der Waals surface area contributed by atoms with Crippen LogP contribution in [-0.2, 0) is 19.2 Å². The molecule has 3 rings (SSSR count). The van der Waals surface area contributed by atoms with E-state index in [1.807, 2.05) is 0 Å². The summed E-state index contributed by atoms with van der Waals surface area (Å²) in [6, 6.07) is 3.42. The van der Waals surface area contributed by atoms with Gasteiger partial charge in [-0.1, -0.05) is 11.6 Å². The zero-order valence-corrected chi connectivity index (χ0v) is 16.9. The molecule has 1 aromatic rings. The molecule has 2 aliphatic rings. The van der Waals surface area contributed by atoms with Gasteiger partial charge in [0.2, 0.25) is 0 Å². The van der Waals surface area contributed by atoms with Crippen molar-refractivity contribution < 1.29 is 28.9 Å². The summed E-state index contributed by atoms with van der Waals surface area (Å²) < 4.78 is 0. The van der Waals surface area contributed by atoms with Crippen LogP contribution in [-0.4, -0.2) is 33.8 Å². The van der Waals surface area contributed by atoms with E-state index in [1.54, 1.807) is 0 Å². The number of nitrogens with zero attached hydrogens (tertiary/aromatic N) is 1. The van der Waals surface area contributed by atoms with Crippen molar-refractivity contribution in [2.45, 2.75) is 44.9 Å². The Hall–Kier alpha value is -2.74. The number of nitro benzene ring substituents is 1. The van der Waals surface area contributed by atoms with Crippen molar-refractivity contribution in [1.82, 2.24) is 0 Å². The van der Waals surface area contributed by atoms with Crippen LogP contribution in [0.25, 0.3) is 0 Å². The number of hydrogen-bond donors (Lipinski definition) is 0. The summed E-state index contributed by atoms with van der Waals surface area (Å²) in [4.78, 5) is 73.9. The first-order valence-corrected chi connectivity index (χ1v) is 10.2. The third kappa shape index (κ3) is 4.38. The van der Waals surface area contributed by atoms with Crippen molar-refractivity contribution in [3.05, 3.63) is 38.9 Å². The Bertz CT molecular complexity index is 955. The first-order chi connectivity index (χ1) is 14.2. The molecule has 9 heteroatoms. The van der Waals surface area contributed by atoms with E-state index in [0.717, 1.165) is 12.1 Å². The SMILES string of the molecule is O=C1CCCC(C2CCCC(=O)C(C(=O)c3ccc(Cl)cc3[N+](=O)[O-])C2=O)C(=O)C1. The Labute approximate surface area is 177 Å². The summed E-state index contributed by atoms with van der Waals surface area (Å²) in [6.45, 7) is 0. The minimum atomic E-state index is -1.69. The van der Waals surface area contributed by atoms with E-state index >= 15 is 0 Å². The van der Waals surface area contributed by atoms with Crippen LogP contribution < -0.4 is 0 Å². The standard InChI is InChI=1S/C21H20ClNO7/c22-11-7-8-15(16(9-11)23(29)30)21(28)19-17(25)6-2-5-14(20(19)27)13-4-1-3-12(24)10-18(13)26/h7-9,13-14,19H,1-6,10H2. The second-order valence-electron chi connectivity index (χ2n) is 7.76. The molecule has 2 aliphatic carbocycles. The average molecular weight is 434 g/mol. The molecule has 1 aromatic carbocycles. The molecule has 0 radical (unpaired) electrons. The van der Waals surface area contributed by atoms with Crippen molar-refractivity contribution in [2.75, 3.05) is 0 Å². The highest BCUT2D eigenvalue weighted by atomic mass is 35.5. The first-order valence-electron chi connectivity index (χ1n) is 9.79. The quantitative estimate of drug-likeness (QED) is 0.234. The lowest BCUT2D eigenvalue weighted by molar-refractivity contribution is -0.385. The number of rotatable bonds is 4. The molecule has 158 valence electrons. The van der Waals surface area contributed by atoms with Crippen LogP contribution in [0.2, 0.25) is 5.02 Å². The highest BCUT2D eigenvalue weighted by Gasteiger charge is 2.46. The van der Waals surface area contributed by atoms with Gasteiger partial charge in [0.15, 0.2) is 17.3 Å². The third-order valence-electron chi connectivity index (χ3n) is 5.84. The van der Waals surface area contributed by atoms with E-state index in [-0.39, 0.29) is 47.8 Å². The summed E-state index contributed by atoms with van der Waals surface area (Å²) in [7, 11) is 0. The molecule has 0 bridgehead atoms. The van der Waals surface area contributed by atoms with Crippen LogP contribution >= 0.6 is 11.6 Å². The van der Waals surface area contributed by atoms with Crippen LogP contribution in [0.1, 0.15) is 55.3 Å². The molecule has 3 atom stereocenters. The van der Waals surface area contributed by atoms with Gasteiger partial charge >= 0.3 is 0 Å². The van der Waals surface area contributed by atoms with Crippen LogP contribution in [0.4, 0.5) is 5.69 Å². The van der Waals surface area contributed by atoms with Crippen molar-refractivity contribution in [2.24, 2.45) is 17.8 Å². The van der Waals surface area contributed by atoms with Crippen LogP contribution in [0.15, 0.2) is 18.2 Å². The van der Waals surface area contributed by atoms with Gasteiger partial charge in [-0.15, -0.1) is 0 Å². The van der Waals surface area contributed by atoms with E-state index in [1.165, 1.54) is 6.07 Å². The highest BCUT2D eigenvalue weighted by molar-refractivity contribution is 6.31. The van der Waals surface area contributed by atoms with Gasteiger partial charge in [-0.05, 0) is 37.8 Å². The van der Waals surface area contributed by atoms with Gasteiger partial charge in [-0.25, -0.2) is 0 Å². The molecule has 0 amide bonds. The van der Waals surface area contributed by atoms with Gasteiger partial charge in [0.1, 0.15) is 17.5 Å². The van der Waals surface area contributed by atoms with Gasteiger partial charge in [0.05, 0.1) is 16.9 Å². The molecule has 0 saturated heterocycles. The molecule has 2 saturated carbocycles. The first kappa shape index (κ1) is 22.0. The average Bonchev–Trinajstić information content (AvgIpc) is 2.93. The summed E-state index contributed by atoms with van der Waals surface area (Å²) in [5.74, 6) is -6.01. The van der Waals surface area contributed by atoms with E-state index in [2.05, 4.69) is 0 Å². The van der Waals surface area contributed by atoms with Crippen LogP contribution in [0.3, 0.4) is 0 Å². The summed E-state index contributed by atoms with van der Waals surface area (Å²) in [5.41, 5.74) is -0.941. The molecule has 0 spiro atoms. The Kier molecular flexibility index (Phi) is 6.55. The molecule has 0 aromatic heterocycles. The van der Waals surface area contributed by atoms with Gasteiger partial charge in [0.25, 0.3) is 5.69 Å². The molecule has 30 heavy (non-hydrogen) atoms. The third-order valence-corrected chi connectivity index (χ3v) is 6.07. The topological polar surface area (TPSA) is 128 Å². The predicted octanol–water partition coefficient (Wildman–Crippen LogP) is 3.31. The van der Waals surface area contributed by atoms with Gasteiger partial charge < -0.3 is 0 Å². The fourth-order valence-corrected chi connectivity index (χ4v) is 4.54. The second kappa shape index (κ2) is 8.95. The molecular formula is C21H20ClNO7. The molecule has 0 heterocycles. The largest absolute Gasteiger partial charge is 0.299 e. The monoisotopic (exact) mass is 433 g/mol. The van der Waals surface area contributed by atoms with Gasteiger partial charge in [-0.2, -0.15) is 0 Å². The number of ketones is 5. The number of benzene rings is 1. The number of nitro groups is 1. The lowest BCUT2D eigenvalue weighted by Gasteiger charge is -2.24.